The summed E-state index contributed by atoms with van der Waals surface area (Å²) in [7, 11) is 1.54. The molecular weight excluding hydrogens is 670 g/mol. The molecule has 3 N–H and O–H groups in total. The number of pyridine rings is 1. The standard InChI is InChI=1S/C41H49N7O5/c1-38(2,3)32-21-33(45-37(52)44-29-12-16-31(17-13-29)53-20-18-27-9-8-19-42-22-27)48(46-32)30-14-10-28(11-15-30)23-43-34(49)39(4)24-40(5)26-41(6,25-39)36(51)47(7)35(40)50/h8-17,19,21-22H,18,20,23-26H2,1-7H3,(H,43,49)(H2,44,45,52). The van der Waals surface area contributed by atoms with Crippen LogP contribution in [0.5, 0.6) is 5.75 Å². The fraction of sp³-hybridized carbons (Fsp3) is 0.415. The van der Waals surface area contributed by atoms with Crippen LogP contribution in [0.4, 0.5) is 16.3 Å². The number of urea groups is 1. The van der Waals surface area contributed by atoms with Gasteiger partial charge in [0, 0.05) is 65.8 Å². The third-order valence-corrected chi connectivity index (χ3v) is 10.4. The summed E-state index contributed by atoms with van der Waals surface area (Å²) >= 11 is 0. The number of piperidine rings is 1. The number of rotatable bonds is 10. The van der Waals surface area contributed by atoms with Gasteiger partial charge >= 0.3 is 6.03 Å². The summed E-state index contributed by atoms with van der Waals surface area (Å²) in [5, 5.41) is 13.7. The second-order valence-corrected chi connectivity index (χ2v) is 16.4. The lowest BCUT2D eigenvalue weighted by Crippen LogP contribution is -2.63. The van der Waals surface area contributed by atoms with E-state index >= 15 is 0 Å². The van der Waals surface area contributed by atoms with Crippen molar-refractivity contribution in [2.24, 2.45) is 16.2 Å². The maximum atomic E-state index is 13.7. The van der Waals surface area contributed by atoms with Gasteiger partial charge in [0.05, 0.1) is 18.0 Å². The molecule has 2 bridgehead atoms. The summed E-state index contributed by atoms with van der Waals surface area (Å²) in [6.07, 6.45) is 5.51. The molecule has 1 saturated carbocycles. The summed E-state index contributed by atoms with van der Waals surface area (Å²) in [5.74, 6) is 0.581. The van der Waals surface area contributed by atoms with Gasteiger partial charge in [0.1, 0.15) is 11.6 Å². The summed E-state index contributed by atoms with van der Waals surface area (Å²) in [4.78, 5) is 58.4. The molecule has 0 spiro atoms. The van der Waals surface area contributed by atoms with Crippen LogP contribution >= 0.6 is 0 Å². The first-order valence-corrected chi connectivity index (χ1v) is 18.0. The normalized spacial score (nSPS) is 22.7. The molecule has 12 heteroatoms. The molecule has 1 aliphatic heterocycles. The number of anilines is 2. The molecule has 3 heterocycles. The zero-order chi connectivity index (χ0) is 38.2. The molecule has 2 aliphatic rings. The number of nitrogens with zero attached hydrogens (tertiary/aromatic N) is 4. The van der Waals surface area contributed by atoms with Crippen molar-refractivity contribution in [2.75, 3.05) is 24.3 Å². The largest absolute Gasteiger partial charge is 0.493 e. The maximum absolute atomic E-state index is 13.7. The number of nitrogens with one attached hydrogen (secondary N) is 3. The van der Waals surface area contributed by atoms with Crippen molar-refractivity contribution in [1.29, 1.82) is 0 Å². The predicted octanol–water partition coefficient (Wildman–Crippen LogP) is 6.65. The average Bonchev–Trinajstić information content (AvgIpc) is 3.54. The number of hydrogen-bond donors (Lipinski definition) is 3. The van der Waals surface area contributed by atoms with Gasteiger partial charge in [-0.2, -0.15) is 5.10 Å². The molecule has 2 fully saturated rings. The molecule has 2 unspecified atom stereocenters. The van der Waals surface area contributed by atoms with E-state index in [0.717, 1.165) is 28.9 Å². The SMILES string of the molecule is CN1C(=O)C2(C)CC(C)(C(=O)NCc3ccc(-n4nc(C(C)(C)C)cc4NC(=O)Nc4ccc(OCCc5cccnc5)cc4)cc3)CC(C)(C2)C1=O. The third kappa shape index (κ3) is 7.96. The van der Waals surface area contributed by atoms with E-state index in [-0.39, 0.29) is 29.7 Å². The molecule has 2 aromatic carbocycles. The number of aromatic nitrogens is 3. The number of amides is 5. The van der Waals surface area contributed by atoms with Crippen LogP contribution in [0.2, 0.25) is 0 Å². The van der Waals surface area contributed by atoms with Crippen LogP contribution in [0.15, 0.2) is 79.1 Å². The number of hydrogen-bond acceptors (Lipinski definition) is 7. The monoisotopic (exact) mass is 719 g/mol. The number of imide groups is 1. The highest BCUT2D eigenvalue weighted by molar-refractivity contribution is 6.04. The number of fused-ring (bicyclic) bond motifs is 2. The zero-order valence-corrected chi connectivity index (χ0v) is 31.6. The molecule has 1 aliphatic carbocycles. The summed E-state index contributed by atoms with van der Waals surface area (Å²) in [5.41, 5.74) is 1.40. The fourth-order valence-electron chi connectivity index (χ4n) is 8.07. The van der Waals surface area contributed by atoms with E-state index < -0.39 is 22.3 Å². The Morgan fingerprint density at radius 3 is 2.13 bits per heavy atom. The molecule has 6 rings (SSSR count). The van der Waals surface area contributed by atoms with Crippen LogP contribution in [0, 0.1) is 16.2 Å². The maximum Gasteiger partial charge on any atom is 0.324 e. The van der Waals surface area contributed by atoms with Crippen LogP contribution in [0.3, 0.4) is 0 Å². The van der Waals surface area contributed by atoms with Crippen LogP contribution in [0.1, 0.15) is 77.6 Å². The van der Waals surface area contributed by atoms with Crippen LogP contribution < -0.4 is 20.7 Å². The molecule has 2 atom stereocenters. The van der Waals surface area contributed by atoms with E-state index in [9.17, 15) is 19.2 Å². The van der Waals surface area contributed by atoms with E-state index in [4.69, 9.17) is 9.84 Å². The first kappa shape index (κ1) is 37.2. The Kier molecular flexibility index (Phi) is 9.93. The highest BCUT2D eigenvalue weighted by Gasteiger charge is 2.62. The molecular formula is C41H49N7O5. The van der Waals surface area contributed by atoms with Crippen molar-refractivity contribution in [1.82, 2.24) is 25.0 Å². The van der Waals surface area contributed by atoms with Gasteiger partial charge in [0.15, 0.2) is 0 Å². The Labute approximate surface area is 310 Å². The van der Waals surface area contributed by atoms with Gasteiger partial charge in [-0.05, 0) is 72.9 Å². The first-order valence-electron chi connectivity index (χ1n) is 18.0. The Morgan fingerprint density at radius 1 is 0.868 bits per heavy atom. The predicted molar refractivity (Wildman–Crippen MR) is 203 cm³/mol. The number of carbonyl (C=O) groups excluding carboxylic acids is 4. The van der Waals surface area contributed by atoms with Crippen molar-refractivity contribution in [3.05, 3.63) is 95.9 Å². The molecule has 0 radical (unpaired) electrons. The Hall–Kier alpha value is -5.52. The fourth-order valence-corrected chi connectivity index (χ4v) is 8.07. The minimum Gasteiger partial charge on any atom is -0.493 e. The molecule has 53 heavy (non-hydrogen) atoms. The summed E-state index contributed by atoms with van der Waals surface area (Å²) < 4.78 is 7.54. The summed E-state index contributed by atoms with van der Waals surface area (Å²) in [6.45, 7) is 12.6. The topological polar surface area (TPSA) is 148 Å². The van der Waals surface area contributed by atoms with E-state index in [0.29, 0.717) is 43.1 Å². The highest BCUT2D eigenvalue weighted by atomic mass is 16.5. The van der Waals surface area contributed by atoms with E-state index in [1.165, 1.54) is 11.9 Å². The first-order chi connectivity index (χ1) is 25.0. The molecule has 5 amide bonds. The third-order valence-electron chi connectivity index (χ3n) is 10.4. The number of ether oxygens (including phenoxy) is 1. The number of benzene rings is 2. The molecule has 12 nitrogen and oxygen atoms in total. The van der Waals surface area contributed by atoms with E-state index in [2.05, 4.69) is 41.7 Å². The van der Waals surface area contributed by atoms with Gasteiger partial charge in [0.2, 0.25) is 17.7 Å². The van der Waals surface area contributed by atoms with Crippen molar-refractivity contribution in [3.8, 4) is 11.4 Å². The van der Waals surface area contributed by atoms with Crippen molar-refractivity contribution >= 4 is 35.3 Å². The van der Waals surface area contributed by atoms with Gasteiger partial charge in [0.25, 0.3) is 0 Å². The second-order valence-electron chi connectivity index (χ2n) is 16.4. The second kappa shape index (κ2) is 14.1. The van der Waals surface area contributed by atoms with Gasteiger partial charge < -0.3 is 15.4 Å². The van der Waals surface area contributed by atoms with Crippen LogP contribution in [-0.4, -0.2) is 57.1 Å². The average molecular weight is 720 g/mol. The molecule has 4 aromatic rings. The van der Waals surface area contributed by atoms with Gasteiger partial charge in [-0.25, -0.2) is 9.48 Å². The van der Waals surface area contributed by atoms with E-state index in [1.54, 1.807) is 23.0 Å². The minimum atomic E-state index is -0.871. The lowest BCUT2D eigenvalue weighted by atomic mass is 9.51. The van der Waals surface area contributed by atoms with Crippen molar-refractivity contribution in [2.45, 2.75) is 79.2 Å². The van der Waals surface area contributed by atoms with Gasteiger partial charge in [-0.1, -0.05) is 59.7 Å². The zero-order valence-electron chi connectivity index (χ0n) is 31.6. The Balaban J connectivity index is 1.09. The van der Waals surface area contributed by atoms with Gasteiger partial charge in [-0.15, -0.1) is 0 Å². The minimum absolute atomic E-state index is 0.175. The van der Waals surface area contributed by atoms with E-state index in [1.807, 2.05) is 81.6 Å². The van der Waals surface area contributed by atoms with Crippen molar-refractivity contribution in [3.63, 3.8) is 0 Å². The lowest BCUT2D eigenvalue weighted by molar-refractivity contribution is -0.178. The molecule has 1 saturated heterocycles. The highest BCUT2D eigenvalue weighted by Crippen LogP contribution is 2.58. The number of carbonyl (C=O) groups is 4. The molecule has 278 valence electrons. The summed E-state index contributed by atoms with van der Waals surface area (Å²) in [6, 6.07) is 20.1. The molecule has 2 aromatic heterocycles. The van der Waals surface area contributed by atoms with Crippen LogP contribution in [-0.2, 0) is 32.8 Å². The smallest absolute Gasteiger partial charge is 0.324 e. The Bertz CT molecular complexity index is 1970. The quantitative estimate of drug-likeness (QED) is 0.156. The Morgan fingerprint density at radius 2 is 1.53 bits per heavy atom. The number of likely N-dealkylation sites (tertiary alicyclic amines) is 1. The van der Waals surface area contributed by atoms with Gasteiger partial charge in [-0.3, -0.25) is 29.6 Å². The lowest BCUT2D eigenvalue weighted by Gasteiger charge is -2.55. The van der Waals surface area contributed by atoms with Crippen LogP contribution in [0.25, 0.3) is 5.69 Å². The van der Waals surface area contributed by atoms with Crippen molar-refractivity contribution < 1.29 is 23.9 Å².